The van der Waals surface area contributed by atoms with Crippen molar-refractivity contribution >= 4 is 47.2 Å². The number of nitrogens with zero attached hydrogens (tertiary/aromatic N) is 1. The number of aliphatic carboxylic acids is 1. The first kappa shape index (κ1) is 16.6. The fraction of sp³-hybridized carbons (Fsp3) is 0.455. The average molecular weight is 350 g/mol. The van der Waals surface area contributed by atoms with E-state index in [9.17, 15) is 24.3 Å². The lowest BCUT2D eigenvalue weighted by Crippen LogP contribution is -2.68. The number of β-lactam (4-membered cyclic amide) rings is 1. The van der Waals surface area contributed by atoms with E-state index in [0.717, 1.165) is 4.90 Å². The summed E-state index contributed by atoms with van der Waals surface area (Å²) in [6, 6.07) is -0.730. The maximum absolute atomic E-state index is 11.7. The number of carbonyl (C=O) groups excluding carboxylic acids is 3. The molecule has 0 aromatic heterocycles. The summed E-state index contributed by atoms with van der Waals surface area (Å²) in [5.74, 6) is -2.69. The summed E-state index contributed by atoms with van der Waals surface area (Å²) in [4.78, 5) is 46.3. The minimum atomic E-state index is -1.30. The Hall–Kier alpha value is -1.78. The van der Waals surface area contributed by atoms with Crippen LogP contribution in [0, 0.1) is 0 Å². The maximum atomic E-state index is 11.7. The molecular formula is C11H12ClN3O6S. The summed E-state index contributed by atoms with van der Waals surface area (Å²) in [7, 11) is 0. The first-order chi connectivity index (χ1) is 10.4. The van der Waals surface area contributed by atoms with Crippen molar-refractivity contribution in [1.82, 2.24) is 10.2 Å². The predicted molar refractivity (Wildman–Crippen MR) is 75.9 cm³/mol. The smallest absolute Gasteiger partial charge is 0.414 e. The number of nitrogens with two attached hydrogens (primary N) is 1. The highest BCUT2D eigenvalue weighted by molar-refractivity contribution is 8.00. The van der Waals surface area contributed by atoms with Gasteiger partial charge in [-0.2, -0.15) is 0 Å². The van der Waals surface area contributed by atoms with Gasteiger partial charge in [0, 0.05) is 11.3 Å². The van der Waals surface area contributed by atoms with Crippen molar-refractivity contribution < 1.29 is 29.0 Å². The Morgan fingerprint density at radius 2 is 2.18 bits per heavy atom. The van der Waals surface area contributed by atoms with Crippen molar-refractivity contribution in [3.05, 3.63) is 11.3 Å². The number of rotatable bonds is 4. The normalized spacial score (nSPS) is 23.5. The SMILES string of the molecule is NC1C(=O)N2C(C(=O)O)=C(COC(=O)NC(=O)CCl)CS[C@@H]12. The Bertz CT molecular complexity index is 580. The van der Waals surface area contributed by atoms with Crippen molar-refractivity contribution in [3.63, 3.8) is 0 Å². The number of carbonyl (C=O) groups is 4. The number of hydrogen-bond donors (Lipinski definition) is 3. The van der Waals surface area contributed by atoms with E-state index in [1.807, 2.05) is 5.32 Å². The van der Waals surface area contributed by atoms with Gasteiger partial charge in [-0.1, -0.05) is 0 Å². The minimum absolute atomic E-state index is 0.230. The van der Waals surface area contributed by atoms with Gasteiger partial charge >= 0.3 is 12.1 Å². The summed E-state index contributed by atoms with van der Waals surface area (Å²) in [5, 5.41) is 10.7. The molecule has 0 aromatic rings. The molecule has 0 aromatic carbocycles. The molecule has 2 aliphatic rings. The molecule has 2 heterocycles. The van der Waals surface area contributed by atoms with Gasteiger partial charge in [-0.25, -0.2) is 9.59 Å². The second kappa shape index (κ2) is 6.55. The van der Waals surface area contributed by atoms with Gasteiger partial charge in [0.05, 0.1) is 0 Å². The van der Waals surface area contributed by atoms with E-state index in [-0.39, 0.29) is 23.6 Å². The first-order valence-electron chi connectivity index (χ1n) is 6.05. The Kier molecular flexibility index (Phi) is 4.94. The first-order valence-corrected chi connectivity index (χ1v) is 7.63. The molecule has 120 valence electrons. The van der Waals surface area contributed by atoms with Crippen LogP contribution in [0.15, 0.2) is 11.3 Å². The molecule has 1 fully saturated rings. The quantitative estimate of drug-likeness (QED) is 0.436. The van der Waals surface area contributed by atoms with Crippen LogP contribution in [0.2, 0.25) is 0 Å². The molecule has 4 N–H and O–H groups in total. The van der Waals surface area contributed by atoms with E-state index in [1.165, 1.54) is 11.8 Å². The van der Waals surface area contributed by atoms with Gasteiger partial charge in [0.1, 0.15) is 29.6 Å². The molecule has 0 radical (unpaired) electrons. The molecule has 0 bridgehead atoms. The largest absolute Gasteiger partial charge is 0.477 e. The number of thioether (sulfide) groups is 1. The third-order valence-corrected chi connectivity index (χ3v) is 4.63. The number of amides is 3. The van der Waals surface area contributed by atoms with Crippen LogP contribution >= 0.6 is 23.4 Å². The number of nitrogens with one attached hydrogen (secondary N) is 1. The summed E-state index contributed by atoms with van der Waals surface area (Å²) in [6.45, 7) is -0.359. The number of alkyl carbamates (subject to hydrolysis) is 1. The van der Waals surface area contributed by atoms with Crippen LogP contribution in [0.25, 0.3) is 0 Å². The molecule has 0 saturated carbocycles. The highest BCUT2D eigenvalue weighted by Crippen LogP contribution is 2.39. The van der Waals surface area contributed by atoms with Gasteiger partial charge in [0.15, 0.2) is 0 Å². The molecule has 3 amide bonds. The fourth-order valence-electron chi connectivity index (χ4n) is 2.03. The van der Waals surface area contributed by atoms with Gasteiger partial charge in [-0.15, -0.1) is 23.4 Å². The lowest BCUT2D eigenvalue weighted by atomic mass is 10.0. The Morgan fingerprint density at radius 3 is 2.77 bits per heavy atom. The lowest BCUT2D eigenvalue weighted by molar-refractivity contribution is -0.148. The molecule has 11 heteroatoms. The minimum Gasteiger partial charge on any atom is -0.477 e. The van der Waals surface area contributed by atoms with Crippen LogP contribution < -0.4 is 11.1 Å². The average Bonchev–Trinajstić information content (AvgIpc) is 2.50. The molecule has 9 nitrogen and oxygen atoms in total. The third kappa shape index (κ3) is 3.03. The predicted octanol–water partition coefficient (Wildman–Crippen LogP) is -0.941. The van der Waals surface area contributed by atoms with Crippen molar-refractivity contribution in [2.45, 2.75) is 11.4 Å². The van der Waals surface area contributed by atoms with Crippen molar-refractivity contribution in [1.29, 1.82) is 0 Å². The molecule has 1 unspecified atom stereocenters. The van der Waals surface area contributed by atoms with E-state index in [4.69, 9.17) is 22.1 Å². The number of ether oxygens (including phenoxy) is 1. The van der Waals surface area contributed by atoms with E-state index >= 15 is 0 Å². The Morgan fingerprint density at radius 1 is 1.50 bits per heavy atom. The Balaban J connectivity index is 2.07. The summed E-state index contributed by atoms with van der Waals surface area (Å²) >= 11 is 6.50. The highest BCUT2D eigenvalue weighted by Gasteiger charge is 2.51. The van der Waals surface area contributed by atoms with Crippen LogP contribution in [0.4, 0.5) is 4.79 Å². The molecule has 2 aliphatic heterocycles. The highest BCUT2D eigenvalue weighted by atomic mass is 35.5. The molecule has 1 saturated heterocycles. The zero-order valence-electron chi connectivity index (χ0n) is 11.1. The second-order valence-electron chi connectivity index (χ2n) is 4.45. The number of fused-ring (bicyclic) bond motifs is 1. The summed E-state index contributed by atoms with van der Waals surface area (Å²) in [6.07, 6.45) is -1.04. The van der Waals surface area contributed by atoms with Crippen molar-refractivity contribution in [3.8, 4) is 0 Å². The van der Waals surface area contributed by atoms with E-state index < -0.39 is 41.2 Å². The van der Waals surface area contributed by atoms with E-state index in [1.54, 1.807) is 0 Å². The molecule has 2 atom stereocenters. The second-order valence-corrected chi connectivity index (χ2v) is 5.82. The number of carboxylic acid groups (broad SMARTS) is 1. The van der Waals surface area contributed by atoms with Gasteiger partial charge < -0.3 is 15.6 Å². The van der Waals surface area contributed by atoms with Gasteiger partial charge in [0.25, 0.3) is 0 Å². The maximum Gasteiger partial charge on any atom is 0.414 e. The fourth-order valence-corrected chi connectivity index (χ4v) is 3.37. The van der Waals surface area contributed by atoms with Crippen molar-refractivity contribution in [2.75, 3.05) is 18.2 Å². The number of alkyl halides is 1. The lowest BCUT2D eigenvalue weighted by Gasteiger charge is -2.47. The van der Waals surface area contributed by atoms with Crippen molar-refractivity contribution in [2.24, 2.45) is 5.73 Å². The molecular weight excluding hydrogens is 338 g/mol. The van der Waals surface area contributed by atoms with Crippen LogP contribution in [-0.4, -0.2) is 63.5 Å². The molecule has 0 aliphatic carbocycles. The zero-order valence-corrected chi connectivity index (χ0v) is 12.6. The summed E-state index contributed by atoms with van der Waals surface area (Å²) in [5.41, 5.74) is 5.63. The number of hydrogen-bond acceptors (Lipinski definition) is 7. The number of imide groups is 1. The van der Waals surface area contributed by atoms with E-state index in [0.29, 0.717) is 0 Å². The monoisotopic (exact) mass is 349 g/mol. The van der Waals surface area contributed by atoms with E-state index in [2.05, 4.69) is 0 Å². The number of carboxylic acids is 1. The van der Waals surface area contributed by atoms with Gasteiger partial charge in [-0.05, 0) is 0 Å². The van der Waals surface area contributed by atoms with Crippen LogP contribution in [-0.2, 0) is 19.1 Å². The van der Waals surface area contributed by atoms with Crippen LogP contribution in [0.5, 0.6) is 0 Å². The molecule has 0 spiro atoms. The molecule has 22 heavy (non-hydrogen) atoms. The standard InChI is InChI=1S/C11H12ClN3O6S/c12-1-5(16)14-11(20)21-2-4-3-22-9-6(13)8(17)15(9)7(4)10(18)19/h6,9H,1-3,13H2,(H,18,19)(H,14,16,20)/t6?,9-/m0/s1. The zero-order chi connectivity index (χ0) is 16.4. The topological polar surface area (TPSA) is 139 Å². The third-order valence-electron chi connectivity index (χ3n) is 3.03. The van der Waals surface area contributed by atoms with Gasteiger partial charge in [-0.3, -0.25) is 19.8 Å². The molecule has 2 rings (SSSR count). The number of halogens is 1. The summed E-state index contributed by atoms with van der Waals surface area (Å²) < 4.78 is 4.77. The Labute approximate surface area is 133 Å². The van der Waals surface area contributed by atoms with Crippen LogP contribution in [0.3, 0.4) is 0 Å². The van der Waals surface area contributed by atoms with Gasteiger partial charge in [0.2, 0.25) is 11.8 Å². The van der Waals surface area contributed by atoms with Crippen LogP contribution in [0.1, 0.15) is 0 Å².